The fraction of sp³-hybridized carbons (Fsp3) is 0.455. The molecule has 0 saturated carbocycles. The van der Waals surface area contributed by atoms with Gasteiger partial charge in [-0.2, -0.15) is 15.0 Å². The first-order chi connectivity index (χ1) is 8.60. The van der Waals surface area contributed by atoms with Crippen molar-refractivity contribution >= 4 is 5.95 Å². The molecule has 0 aliphatic carbocycles. The van der Waals surface area contributed by atoms with Crippen LogP contribution in [0.25, 0.3) is 5.95 Å². The number of aromatic nitrogens is 5. The van der Waals surface area contributed by atoms with Crippen LogP contribution in [0.2, 0.25) is 0 Å². The molecule has 0 spiro atoms. The number of rotatable bonds is 4. The van der Waals surface area contributed by atoms with E-state index < -0.39 is 0 Å². The second-order valence-corrected chi connectivity index (χ2v) is 4.00. The number of aryl methyl sites for hydroxylation is 1. The summed E-state index contributed by atoms with van der Waals surface area (Å²) in [5.41, 5.74) is 0. The van der Waals surface area contributed by atoms with Crippen molar-refractivity contribution < 1.29 is 4.74 Å². The van der Waals surface area contributed by atoms with Gasteiger partial charge in [0.1, 0.15) is 5.82 Å². The zero-order valence-electron chi connectivity index (χ0n) is 10.9. The lowest BCUT2D eigenvalue weighted by Crippen LogP contribution is -2.13. The summed E-state index contributed by atoms with van der Waals surface area (Å²) in [4.78, 5) is 16.8. The quantitative estimate of drug-likeness (QED) is 0.875. The summed E-state index contributed by atoms with van der Waals surface area (Å²) in [5, 5.41) is 2.89. The van der Waals surface area contributed by atoms with Gasteiger partial charge >= 0.3 is 6.01 Å². The second-order valence-electron chi connectivity index (χ2n) is 4.00. The summed E-state index contributed by atoms with van der Waals surface area (Å²) in [5.74, 6) is 1.75. The zero-order valence-corrected chi connectivity index (χ0v) is 10.9. The van der Waals surface area contributed by atoms with E-state index >= 15 is 0 Å². The molecule has 0 atom stereocenters. The van der Waals surface area contributed by atoms with Gasteiger partial charge in [-0.3, -0.25) is 4.57 Å². The molecule has 7 heteroatoms. The Morgan fingerprint density at radius 3 is 2.61 bits per heavy atom. The summed E-state index contributed by atoms with van der Waals surface area (Å²) < 4.78 is 7.27. The maximum atomic E-state index is 5.50. The van der Waals surface area contributed by atoms with Crippen molar-refractivity contribution in [1.82, 2.24) is 24.5 Å². The van der Waals surface area contributed by atoms with E-state index in [0.29, 0.717) is 17.9 Å². The highest BCUT2D eigenvalue weighted by molar-refractivity contribution is 5.30. The average Bonchev–Trinajstić information content (AvgIpc) is 2.74. The van der Waals surface area contributed by atoms with Gasteiger partial charge in [0.25, 0.3) is 0 Å². The van der Waals surface area contributed by atoms with Crippen molar-refractivity contribution in [1.29, 1.82) is 0 Å². The molecule has 0 aliphatic rings. The molecule has 2 rings (SSSR count). The molecular weight excluding hydrogens is 232 g/mol. The van der Waals surface area contributed by atoms with Gasteiger partial charge in [0, 0.05) is 19.4 Å². The van der Waals surface area contributed by atoms with Gasteiger partial charge in [-0.1, -0.05) is 0 Å². The van der Waals surface area contributed by atoms with E-state index in [4.69, 9.17) is 4.74 Å². The first kappa shape index (κ1) is 12.3. The third kappa shape index (κ3) is 2.55. The van der Waals surface area contributed by atoms with Crippen LogP contribution in [0, 0.1) is 6.92 Å². The standard InChI is InChI=1S/C11H16N6O/c1-7(2)18-11-15-9(12-4)14-10(16-11)17-6-5-13-8(17)3/h5-7H,1-4H3,(H,12,14,15,16). The topological polar surface area (TPSA) is 77.8 Å². The Labute approximate surface area is 105 Å². The van der Waals surface area contributed by atoms with E-state index in [2.05, 4.69) is 25.3 Å². The first-order valence-electron chi connectivity index (χ1n) is 5.71. The lowest BCUT2D eigenvalue weighted by atomic mass is 10.5. The van der Waals surface area contributed by atoms with E-state index in [1.807, 2.05) is 20.8 Å². The molecule has 0 saturated heterocycles. The Bertz CT molecular complexity index is 536. The van der Waals surface area contributed by atoms with Crippen LogP contribution in [0.5, 0.6) is 6.01 Å². The molecule has 96 valence electrons. The number of nitrogens with one attached hydrogen (secondary N) is 1. The predicted molar refractivity (Wildman–Crippen MR) is 67.0 cm³/mol. The van der Waals surface area contributed by atoms with Crippen molar-refractivity contribution in [3.63, 3.8) is 0 Å². The highest BCUT2D eigenvalue weighted by Crippen LogP contribution is 2.13. The Morgan fingerprint density at radius 1 is 1.28 bits per heavy atom. The van der Waals surface area contributed by atoms with E-state index in [-0.39, 0.29) is 6.10 Å². The minimum atomic E-state index is 0.00819. The molecule has 7 nitrogen and oxygen atoms in total. The summed E-state index contributed by atoms with van der Waals surface area (Å²) >= 11 is 0. The molecule has 0 amide bonds. The Morgan fingerprint density at radius 2 is 2.06 bits per heavy atom. The molecular formula is C11H16N6O. The van der Waals surface area contributed by atoms with Crippen LogP contribution in [0.15, 0.2) is 12.4 Å². The number of nitrogens with zero attached hydrogens (tertiary/aromatic N) is 5. The number of hydrogen-bond acceptors (Lipinski definition) is 6. The van der Waals surface area contributed by atoms with Gasteiger partial charge < -0.3 is 10.1 Å². The van der Waals surface area contributed by atoms with Gasteiger partial charge in [-0.15, -0.1) is 0 Å². The normalized spacial score (nSPS) is 10.7. The van der Waals surface area contributed by atoms with Crippen LogP contribution in [0.3, 0.4) is 0 Å². The third-order valence-corrected chi connectivity index (χ3v) is 2.21. The van der Waals surface area contributed by atoms with Crippen LogP contribution in [-0.4, -0.2) is 37.7 Å². The third-order valence-electron chi connectivity index (χ3n) is 2.21. The molecule has 0 aliphatic heterocycles. The predicted octanol–water partition coefficient (Wildman–Crippen LogP) is 1.19. The fourth-order valence-corrected chi connectivity index (χ4v) is 1.42. The van der Waals surface area contributed by atoms with Crippen molar-refractivity contribution in [2.45, 2.75) is 26.9 Å². The van der Waals surface area contributed by atoms with E-state index in [1.54, 1.807) is 24.0 Å². The first-order valence-corrected chi connectivity index (χ1v) is 5.71. The average molecular weight is 248 g/mol. The summed E-state index contributed by atoms with van der Waals surface area (Å²) in [6, 6.07) is 0.299. The molecule has 2 aromatic rings. The number of ether oxygens (including phenoxy) is 1. The fourth-order valence-electron chi connectivity index (χ4n) is 1.42. The largest absolute Gasteiger partial charge is 0.461 e. The number of imidazole rings is 1. The summed E-state index contributed by atoms with van der Waals surface area (Å²) in [6.45, 7) is 5.72. The minimum Gasteiger partial charge on any atom is -0.461 e. The van der Waals surface area contributed by atoms with Crippen LogP contribution in [-0.2, 0) is 0 Å². The highest BCUT2D eigenvalue weighted by atomic mass is 16.5. The lowest BCUT2D eigenvalue weighted by molar-refractivity contribution is 0.221. The second kappa shape index (κ2) is 4.99. The Balaban J connectivity index is 2.44. The van der Waals surface area contributed by atoms with Crippen molar-refractivity contribution in [3.05, 3.63) is 18.2 Å². The molecule has 18 heavy (non-hydrogen) atoms. The molecule has 2 heterocycles. The Kier molecular flexibility index (Phi) is 3.40. The van der Waals surface area contributed by atoms with Crippen LogP contribution in [0.4, 0.5) is 5.95 Å². The summed E-state index contributed by atoms with van der Waals surface area (Å²) in [7, 11) is 1.75. The van der Waals surface area contributed by atoms with E-state index in [0.717, 1.165) is 5.82 Å². The zero-order chi connectivity index (χ0) is 13.1. The molecule has 0 radical (unpaired) electrons. The maximum absolute atomic E-state index is 5.50. The van der Waals surface area contributed by atoms with Gasteiger partial charge in [-0.05, 0) is 20.8 Å². The van der Waals surface area contributed by atoms with Gasteiger partial charge in [0.2, 0.25) is 11.9 Å². The molecule has 1 N–H and O–H groups in total. The van der Waals surface area contributed by atoms with Gasteiger partial charge in [0.05, 0.1) is 6.10 Å². The van der Waals surface area contributed by atoms with Crippen molar-refractivity contribution in [2.24, 2.45) is 0 Å². The maximum Gasteiger partial charge on any atom is 0.323 e. The smallest absolute Gasteiger partial charge is 0.323 e. The highest BCUT2D eigenvalue weighted by Gasteiger charge is 2.11. The Hall–Kier alpha value is -2.18. The molecule has 2 aromatic heterocycles. The lowest BCUT2D eigenvalue weighted by Gasteiger charge is -2.10. The molecule has 0 fully saturated rings. The molecule has 0 bridgehead atoms. The molecule has 0 aromatic carbocycles. The van der Waals surface area contributed by atoms with E-state index in [1.165, 1.54) is 0 Å². The number of anilines is 1. The monoisotopic (exact) mass is 248 g/mol. The van der Waals surface area contributed by atoms with Crippen molar-refractivity contribution in [2.75, 3.05) is 12.4 Å². The number of hydrogen-bond donors (Lipinski definition) is 1. The van der Waals surface area contributed by atoms with Crippen LogP contribution < -0.4 is 10.1 Å². The van der Waals surface area contributed by atoms with Crippen LogP contribution >= 0.6 is 0 Å². The van der Waals surface area contributed by atoms with Crippen molar-refractivity contribution in [3.8, 4) is 12.0 Å². The molecule has 0 unspecified atom stereocenters. The minimum absolute atomic E-state index is 0.00819. The van der Waals surface area contributed by atoms with E-state index in [9.17, 15) is 0 Å². The summed E-state index contributed by atoms with van der Waals surface area (Å²) in [6.07, 6.45) is 3.50. The SMILES string of the molecule is CNc1nc(OC(C)C)nc(-n2ccnc2C)n1. The van der Waals surface area contributed by atoms with Crippen LogP contribution in [0.1, 0.15) is 19.7 Å². The van der Waals surface area contributed by atoms with Gasteiger partial charge in [-0.25, -0.2) is 4.98 Å². The van der Waals surface area contributed by atoms with Gasteiger partial charge in [0.15, 0.2) is 0 Å².